The molecule has 1 aromatic rings. The highest BCUT2D eigenvalue weighted by molar-refractivity contribution is 5.60. The number of nitrogens with one attached hydrogen (secondary N) is 1. The number of nitriles is 1. The number of anilines is 1. The molecule has 0 aliphatic rings. The van der Waals surface area contributed by atoms with Gasteiger partial charge in [0.1, 0.15) is 6.07 Å². The van der Waals surface area contributed by atoms with Crippen molar-refractivity contribution in [3.63, 3.8) is 0 Å². The predicted octanol–water partition coefficient (Wildman–Crippen LogP) is 1.68. The summed E-state index contributed by atoms with van der Waals surface area (Å²) >= 11 is 0. The average Bonchev–Trinajstić information content (AvgIpc) is 2.33. The summed E-state index contributed by atoms with van der Waals surface area (Å²) in [6.45, 7) is 5.04. The van der Waals surface area contributed by atoms with Crippen molar-refractivity contribution >= 4 is 5.69 Å². The molecule has 0 saturated carbocycles. The van der Waals surface area contributed by atoms with Crippen molar-refractivity contribution in [3.8, 4) is 6.07 Å². The molecule has 1 aromatic carbocycles. The fourth-order valence-electron chi connectivity index (χ4n) is 1.50. The highest BCUT2D eigenvalue weighted by Gasteiger charge is 2.07. The number of rotatable bonds is 6. The Hall–Kier alpha value is -1.57. The van der Waals surface area contributed by atoms with Crippen molar-refractivity contribution < 1.29 is 9.84 Å². The van der Waals surface area contributed by atoms with Crippen molar-refractivity contribution in [1.29, 1.82) is 5.26 Å². The maximum Gasteiger partial charge on any atom is 0.102 e. The van der Waals surface area contributed by atoms with Crippen molar-refractivity contribution in [2.24, 2.45) is 0 Å². The molecule has 1 unspecified atom stereocenters. The summed E-state index contributed by atoms with van der Waals surface area (Å²) in [5, 5.41) is 21.7. The molecule has 0 fully saturated rings. The van der Waals surface area contributed by atoms with Gasteiger partial charge in [-0.15, -0.1) is 0 Å². The first-order valence-electron chi connectivity index (χ1n) is 5.68. The van der Waals surface area contributed by atoms with Crippen LogP contribution in [0.15, 0.2) is 18.2 Å². The molecule has 2 N–H and O–H groups in total. The van der Waals surface area contributed by atoms with E-state index in [1.54, 1.807) is 0 Å². The van der Waals surface area contributed by atoms with Crippen molar-refractivity contribution in [2.75, 3.05) is 25.1 Å². The van der Waals surface area contributed by atoms with Gasteiger partial charge in [-0.05, 0) is 25.5 Å². The Kier molecular flexibility index (Phi) is 5.47. The molecule has 0 radical (unpaired) electrons. The van der Waals surface area contributed by atoms with Crippen LogP contribution < -0.4 is 5.32 Å². The molecular formula is C13H18N2O2. The molecule has 92 valence electrons. The summed E-state index contributed by atoms with van der Waals surface area (Å²) in [6.07, 6.45) is -0.568. The Labute approximate surface area is 102 Å². The molecule has 1 atom stereocenters. The van der Waals surface area contributed by atoms with Gasteiger partial charge >= 0.3 is 0 Å². The zero-order chi connectivity index (χ0) is 12.7. The van der Waals surface area contributed by atoms with Crippen molar-refractivity contribution in [2.45, 2.75) is 20.0 Å². The summed E-state index contributed by atoms with van der Waals surface area (Å²) in [5.74, 6) is 0. The van der Waals surface area contributed by atoms with E-state index in [9.17, 15) is 5.11 Å². The molecule has 1 rings (SSSR count). The smallest absolute Gasteiger partial charge is 0.102 e. The van der Waals surface area contributed by atoms with Crippen LogP contribution in [-0.2, 0) is 4.74 Å². The summed E-state index contributed by atoms with van der Waals surface area (Å²) < 4.78 is 5.11. The lowest BCUT2D eigenvalue weighted by Crippen LogP contribution is -2.25. The summed E-state index contributed by atoms with van der Waals surface area (Å²) in [4.78, 5) is 0. The fraction of sp³-hybridized carbons (Fsp3) is 0.462. The quantitative estimate of drug-likeness (QED) is 0.786. The second kappa shape index (κ2) is 6.89. The third-order valence-electron chi connectivity index (χ3n) is 2.43. The van der Waals surface area contributed by atoms with E-state index in [2.05, 4.69) is 11.4 Å². The standard InChI is InChI=1S/C13H18N2O2/c1-3-17-9-11(16)8-15-13-6-4-5-10(2)12(13)7-14/h4-6,11,15-16H,3,8-9H2,1-2H3. The lowest BCUT2D eigenvalue weighted by molar-refractivity contribution is 0.0496. The number of aliphatic hydroxyl groups excluding tert-OH is 1. The van der Waals surface area contributed by atoms with E-state index >= 15 is 0 Å². The third-order valence-corrected chi connectivity index (χ3v) is 2.43. The van der Waals surface area contributed by atoms with Crippen LogP contribution in [-0.4, -0.2) is 31.0 Å². The summed E-state index contributed by atoms with van der Waals surface area (Å²) in [5.41, 5.74) is 2.30. The van der Waals surface area contributed by atoms with Gasteiger partial charge in [0.05, 0.1) is 24.0 Å². The molecule has 4 heteroatoms. The number of hydrogen-bond donors (Lipinski definition) is 2. The van der Waals surface area contributed by atoms with Crippen LogP contribution >= 0.6 is 0 Å². The fourth-order valence-corrected chi connectivity index (χ4v) is 1.50. The predicted molar refractivity (Wildman–Crippen MR) is 66.9 cm³/mol. The van der Waals surface area contributed by atoms with Gasteiger partial charge in [-0.2, -0.15) is 5.26 Å². The van der Waals surface area contributed by atoms with Crippen molar-refractivity contribution in [1.82, 2.24) is 0 Å². The van der Waals surface area contributed by atoms with E-state index in [1.165, 1.54) is 0 Å². The van der Waals surface area contributed by atoms with Gasteiger partial charge in [0.2, 0.25) is 0 Å². The van der Waals surface area contributed by atoms with E-state index in [-0.39, 0.29) is 0 Å². The first-order valence-corrected chi connectivity index (χ1v) is 5.68. The highest BCUT2D eigenvalue weighted by atomic mass is 16.5. The second-order valence-electron chi connectivity index (χ2n) is 3.80. The number of ether oxygens (including phenoxy) is 1. The van der Waals surface area contributed by atoms with Gasteiger partial charge in [-0.3, -0.25) is 0 Å². The number of nitrogens with zero attached hydrogens (tertiary/aromatic N) is 1. The molecular weight excluding hydrogens is 216 g/mol. The Morgan fingerprint density at radius 2 is 2.29 bits per heavy atom. The molecule has 0 spiro atoms. The number of hydrogen-bond acceptors (Lipinski definition) is 4. The molecule has 0 heterocycles. The van der Waals surface area contributed by atoms with Gasteiger partial charge in [0, 0.05) is 13.2 Å². The van der Waals surface area contributed by atoms with Crippen LogP contribution in [0.2, 0.25) is 0 Å². The average molecular weight is 234 g/mol. The maximum absolute atomic E-state index is 9.60. The first kappa shape index (κ1) is 13.5. The van der Waals surface area contributed by atoms with Gasteiger partial charge in [0.25, 0.3) is 0 Å². The zero-order valence-corrected chi connectivity index (χ0v) is 10.2. The van der Waals surface area contributed by atoms with Gasteiger partial charge in [-0.1, -0.05) is 12.1 Å². The summed E-state index contributed by atoms with van der Waals surface area (Å²) in [7, 11) is 0. The molecule has 0 aliphatic heterocycles. The van der Waals surface area contributed by atoms with Crippen LogP contribution in [0.25, 0.3) is 0 Å². The van der Waals surface area contributed by atoms with Gasteiger partial charge in [0.15, 0.2) is 0 Å². The molecule has 17 heavy (non-hydrogen) atoms. The minimum atomic E-state index is -0.568. The van der Waals surface area contributed by atoms with E-state index in [0.717, 1.165) is 11.3 Å². The number of aliphatic hydroxyl groups is 1. The third kappa shape index (κ3) is 4.06. The lowest BCUT2D eigenvalue weighted by Gasteiger charge is -2.14. The molecule has 4 nitrogen and oxygen atoms in total. The molecule has 0 aromatic heterocycles. The van der Waals surface area contributed by atoms with Crippen LogP contribution in [0.5, 0.6) is 0 Å². The maximum atomic E-state index is 9.60. The highest BCUT2D eigenvalue weighted by Crippen LogP contribution is 2.18. The molecule has 0 amide bonds. The van der Waals surface area contributed by atoms with Gasteiger partial charge < -0.3 is 15.2 Å². The van der Waals surface area contributed by atoms with Gasteiger partial charge in [-0.25, -0.2) is 0 Å². The summed E-state index contributed by atoms with van der Waals surface area (Å²) in [6, 6.07) is 7.76. The Bertz CT molecular complexity index is 399. The molecule has 0 bridgehead atoms. The minimum absolute atomic E-state index is 0.303. The number of aryl methyl sites for hydroxylation is 1. The molecule has 0 saturated heterocycles. The van der Waals surface area contributed by atoms with Crippen LogP contribution in [0.4, 0.5) is 5.69 Å². The second-order valence-corrected chi connectivity index (χ2v) is 3.80. The number of benzene rings is 1. The van der Waals surface area contributed by atoms with Crippen LogP contribution in [0.1, 0.15) is 18.1 Å². The topological polar surface area (TPSA) is 65.3 Å². The minimum Gasteiger partial charge on any atom is -0.389 e. The van der Waals surface area contributed by atoms with E-state index in [0.29, 0.717) is 25.3 Å². The molecule has 0 aliphatic carbocycles. The Balaban J connectivity index is 2.58. The normalized spacial score (nSPS) is 11.9. The SMILES string of the molecule is CCOCC(O)CNc1cccc(C)c1C#N. The van der Waals surface area contributed by atoms with E-state index in [1.807, 2.05) is 32.0 Å². The van der Waals surface area contributed by atoms with Crippen LogP contribution in [0.3, 0.4) is 0 Å². The van der Waals surface area contributed by atoms with E-state index < -0.39 is 6.10 Å². The van der Waals surface area contributed by atoms with Crippen LogP contribution in [0, 0.1) is 18.3 Å². The van der Waals surface area contributed by atoms with Crippen molar-refractivity contribution in [3.05, 3.63) is 29.3 Å². The largest absolute Gasteiger partial charge is 0.389 e. The monoisotopic (exact) mass is 234 g/mol. The Morgan fingerprint density at radius 3 is 2.94 bits per heavy atom. The zero-order valence-electron chi connectivity index (χ0n) is 10.2. The lowest BCUT2D eigenvalue weighted by atomic mass is 10.1. The Morgan fingerprint density at radius 1 is 1.53 bits per heavy atom. The first-order chi connectivity index (χ1) is 8.19. The van der Waals surface area contributed by atoms with E-state index in [4.69, 9.17) is 10.00 Å².